The Morgan fingerprint density at radius 2 is 2.04 bits per heavy atom. The number of hydrogen-bond acceptors (Lipinski definition) is 3. The number of H-pyrrole nitrogens is 1. The molecule has 2 N–H and O–H groups in total. The van der Waals surface area contributed by atoms with E-state index >= 15 is 0 Å². The molecule has 24 heavy (non-hydrogen) atoms. The van der Waals surface area contributed by atoms with Crippen LogP contribution in [0.15, 0.2) is 30.5 Å². The van der Waals surface area contributed by atoms with Gasteiger partial charge in [0.1, 0.15) is 0 Å². The van der Waals surface area contributed by atoms with Gasteiger partial charge in [0.05, 0.1) is 18.4 Å². The standard InChI is InChI=1S/C16H18ClF3N4/c17-13-3-1-11(2-4-13)15-12(8-22-23-15)7-21-14-5-6-24(9-14)10-16(18,19)20/h1-4,8,14,21H,5-7,9-10H2,(H,22,23)/t14-/m0/s1. The van der Waals surface area contributed by atoms with E-state index in [1.807, 2.05) is 12.1 Å². The number of halogens is 4. The van der Waals surface area contributed by atoms with E-state index in [-0.39, 0.29) is 6.04 Å². The molecule has 130 valence electrons. The minimum atomic E-state index is -4.14. The Kier molecular flexibility index (Phi) is 5.12. The van der Waals surface area contributed by atoms with Gasteiger partial charge in [-0.15, -0.1) is 0 Å². The SMILES string of the molecule is FC(F)(F)CN1CC[C@H](NCc2cn[nH]c2-c2ccc(Cl)cc2)C1. The number of rotatable bonds is 5. The van der Waals surface area contributed by atoms with E-state index in [1.165, 1.54) is 4.90 Å². The quantitative estimate of drug-likeness (QED) is 0.860. The summed E-state index contributed by atoms with van der Waals surface area (Å²) >= 11 is 5.90. The number of benzene rings is 1. The molecule has 4 nitrogen and oxygen atoms in total. The first-order valence-corrected chi connectivity index (χ1v) is 8.09. The first-order chi connectivity index (χ1) is 11.4. The van der Waals surface area contributed by atoms with Gasteiger partial charge in [0, 0.05) is 36.3 Å². The molecule has 2 heterocycles. The van der Waals surface area contributed by atoms with Crippen molar-refractivity contribution in [3.8, 4) is 11.3 Å². The Morgan fingerprint density at radius 3 is 2.75 bits per heavy atom. The van der Waals surface area contributed by atoms with E-state index < -0.39 is 12.7 Å². The molecule has 0 radical (unpaired) electrons. The summed E-state index contributed by atoms with van der Waals surface area (Å²) in [6.45, 7) is 0.589. The molecular formula is C16H18ClF3N4. The van der Waals surface area contributed by atoms with Crippen molar-refractivity contribution in [1.29, 1.82) is 0 Å². The van der Waals surface area contributed by atoms with Crippen molar-refractivity contribution in [2.75, 3.05) is 19.6 Å². The Morgan fingerprint density at radius 1 is 1.29 bits per heavy atom. The fourth-order valence-electron chi connectivity index (χ4n) is 2.96. The molecule has 0 bridgehead atoms. The van der Waals surface area contributed by atoms with Gasteiger partial charge < -0.3 is 5.32 Å². The number of aromatic nitrogens is 2. The molecule has 0 saturated carbocycles. The minimum absolute atomic E-state index is 0.0558. The van der Waals surface area contributed by atoms with Gasteiger partial charge in [-0.25, -0.2) is 0 Å². The van der Waals surface area contributed by atoms with Crippen molar-refractivity contribution in [3.63, 3.8) is 0 Å². The summed E-state index contributed by atoms with van der Waals surface area (Å²) in [4.78, 5) is 1.44. The Hall–Kier alpha value is -1.57. The lowest BCUT2D eigenvalue weighted by atomic mass is 10.1. The van der Waals surface area contributed by atoms with Crippen molar-refractivity contribution in [2.24, 2.45) is 0 Å². The van der Waals surface area contributed by atoms with Crippen molar-refractivity contribution < 1.29 is 13.2 Å². The van der Waals surface area contributed by atoms with Crippen LogP contribution >= 0.6 is 11.6 Å². The predicted molar refractivity (Wildman–Crippen MR) is 86.8 cm³/mol. The zero-order chi connectivity index (χ0) is 17.2. The monoisotopic (exact) mass is 358 g/mol. The van der Waals surface area contributed by atoms with Gasteiger partial charge in [-0.2, -0.15) is 18.3 Å². The van der Waals surface area contributed by atoms with E-state index in [1.54, 1.807) is 18.3 Å². The summed E-state index contributed by atoms with van der Waals surface area (Å²) in [6.07, 6.45) is -1.69. The zero-order valence-corrected chi connectivity index (χ0v) is 13.7. The van der Waals surface area contributed by atoms with Crippen LogP contribution in [0.4, 0.5) is 13.2 Å². The normalized spacial score (nSPS) is 19.1. The average Bonchev–Trinajstić information content (AvgIpc) is 3.13. The molecule has 8 heteroatoms. The maximum Gasteiger partial charge on any atom is 0.401 e. The van der Waals surface area contributed by atoms with Crippen LogP contribution in [0.3, 0.4) is 0 Å². The van der Waals surface area contributed by atoms with Crippen molar-refractivity contribution in [1.82, 2.24) is 20.4 Å². The number of hydrogen-bond donors (Lipinski definition) is 2. The van der Waals surface area contributed by atoms with Crippen LogP contribution in [0.25, 0.3) is 11.3 Å². The van der Waals surface area contributed by atoms with Crippen LogP contribution < -0.4 is 5.32 Å². The third kappa shape index (κ3) is 4.49. The van der Waals surface area contributed by atoms with Gasteiger partial charge in [0.2, 0.25) is 0 Å². The summed E-state index contributed by atoms with van der Waals surface area (Å²) in [5.74, 6) is 0. The van der Waals surface area contributed by atoms with Gasteiger partial charge in [0.25, 0.3) is 0 Å². The van der Waals surface area contributed by atoms with Gasteiger partial charge in [-0.1, -0.05) is 23.7 Å². The van der Waals surface area contributed by atoms with E-state index in [0.29, 0.717) is 31.1 Å². The first-order valence-electron chi connectivity index (χ1n) is 7.71. The second-order valence-corrected chi connectivity index (χ2v) is 6.43. The summed E-state index contributed by atoms with van der Waals surface area (Å²) in [6, 6.07) is 7.47. The molecule has 1 atom stereocenters. The highest BCUT2D eigenvalue weighted by molar-refractivity contribution is 6.30. The highest BCUT2D eigenvalue weighted by Gasteiger charge is 2.34. The molecule has 0 amide bonds. The molecule has 1 aromatic carbocycles. The lowest BCUT2D eigenvalue weighted by Crippen LogP contribution is -2.36. The van der Waals surface area contributed by atoms with Crippen LogP contribution in [-0.2, 0) is 6.54 Å². The average molecular weight is 359 g/mol. The zero-order valence-electron chi connectivity index (χ0n) is 12.9. The number of likely N-dealkylation sites (tertiary alicyclic amines) is 1. The van der Waals surface area contributed by atoms with Crippen molar-refractivity contribution in [2.45, 2.75) is 25.2 Å². The van der Waals surface area contributed by atoms with Gasteiger partial charge in [0.15, 0.2) is 0 Å². The largest absolute Gasteiger partial charge is 0.401 e. The van der Waals surface area contributed by atoms with Crippen LogP contribution in [0.5, 0.6) is 0 Å². The Labute approximate surface area is 143 Å². The van der Waals surface area contributed by atoms with Crippen LogP contribution in [-0.4, -0.2) is 46.9 Å². The van der Waals surface area contributed by atoms with E-state index in [0.717, 1.165) is 16.8 Å². The van der Waals surface area contributed by atoms with Crippen LogP contribution in [0.2, 0.25) is 5.02 Å². The second-order valence-electron chi connectivity index (χ2n) is 5.99. The second kappa shape index (κ2) is 7.13. The Bertz CT molecular complexity index is 669. The predicted octanol–water partition coefficient (Wildman–Crippen LogP) is 3.46. The molecule has 1 aromatic heterocycles. The summed E-state index contributed by atoms with van der Waals surface area (Å²) in [5, 5.41) is 11.0. The summed E-state index contributed by atoms with van der Waals surface area (Å²) in [5.41, 5.74) is 2.84. The maximum atomic E-state index is 12.4. The molecule has 0 unspecified atom stereocenters. The molecule has 1 aliphatic rings. The fraction of sp³-hybridized carbons (Fsp3) is 0.438. The third-order valence-corrected chi connectivity index (χ3v) is 4.36. The molecule has 0 spiro atoms. The molecule has 2 aromatic rings. The topological polar surface area (TPSA) is 44.0 Å². The highest BCUT2D eigenvalue weighted by atomic mass is 35.5. The van der Waals surface area contributed by atoms with Gasteiger partial charge >= 0.3 is 6.18 Å². The smallest absolute Gasteiger partial charge is 0.308 e. The highest BCUT2D eigenvalue weighted by Crippen LogP contribution is 2.24. The number of alkyl halides is 3. The van der Waals surface area contributed by atoms with Crippen molar-refractivity contribution in [3.05, 3.63) is 41.0 Å². The Balaban J connectivity index is 1.57. The fourth-order valence-corrected chi connectivity index (χ4v) is 3.09. The summed E-state index contributed by atoms with van der Waals surface area (Å²) < 4.78 is 37.3. The lowest BCUT2D eigenvalue weighted by molar-refractivity contribution is -0.143. The minimum Gasteiger partial charge on any atom is -0.308 e. The molecule has 1 aliphatic heterocycles. The van der Waals surface area contributed by atoms with Gasteiger partial charge in [-0.05, 0) is 24.1 Å². The van der Waals surface area contributed by atoms with E-state index in [9.17, 15) is 13.2 Å². The molecular weight excluding hydrogens is 341 g/mol. The molecule has 0 aliphatic carbocycles. The van der Waals surface area contributed by atoms with E-state index in [2.05, 4.69) is 15.5 Å². The number of nitrogens with zero attached hydrogens (tertiary/aromatic N) is 2. The summed E-state index contributed by atoms with van der Waals surface area (Å²) in [7, 11) is 0. The van der Waals surface area contributed by atoms with Crippen molar-refractivity contribution >= 4 is 11.6 Å². The lowest BCUT2D eigenvalue weighted by Gasteiger charge is -2.18. The number of nitrogens with one attached hydrogen (secondary N) is 2. The number of aromatic amines is 1. The molecule has 3 rings (SSSR count). The van der Waals surface area contributed by atoms with E-state index in [4.69, 9.17) is 11.6 Å². The third-order valence-electron chi connectivity index (χ3n) is 4.11. The first kappa shape index (κ1) is 17.3. The van der Waals surface area contributed by atoms with Crippen LogP contribution in [0.1, 0.15) is 12.0 Å². The molecule has 1 saturated heterocycles. The van der Waals surface area contributed by atoms with Gasteiger partial charge in [-0.3, -0.25) is 10.00 Å². The maximum absolute atomic E-state index is 12.4. The van der Waals surface area contributed by atoms with Crippen LogP contribution in [0, 0.1) is 0 Å². The molecule has 1 fully saturated rings.